The van der Waals surface area contributed by atoms with E-state index in [4.69, 9.17) is 19.9 Å². The normalized spacial score (nSPS) is 11.6. The maximum Gasteiger partial charge on any atom is 0.238 e. The van der Waals surface area contributed by atoms with E-state index in [1.807, 2.05) is 60.7 Å². The monoisotopic (exact) mass is 1350 g/mol. The Balaban J connectivity index is 0.000000141. The molecule has 21 rings (SSSR count). The van der Waals surface area contributed by atoms with E-state index in [-0.39, 0.29) is 0 Å². The van der Waals surface area contributed by atoms with E-state index in [2.05, 4.69) is 346 Å². The van der Waals surface area contributed by atoms with Gasteiger partial charge < -0.3 is 9.13 Å². The average molecular weight is 1350 g/mol. The summed E-state index contributed by atoms with van der Waals surface area (Å²) in [4.78, 5) is 20.6. The van der Waals surface area contributed by atoms with Crippen molar-refractivity contribution in [2.45, 2.75) is 0 Å². The predicted molar refractivity (Wildman–Crippen MR) is 439 cm³/mol. The number of hydrogen-bond acceptors (Lipinski definition) is 4. The highest BCUT2D eigenvalue weighted by Gasteiger charge is 2.22. The van der Waals surface area contributed by atoms with Gasteiger partial charge in [-0.25, -0.2) is 9.97 Å². The molecule has 0 spiro atoms. The molecule has 0 aliphatic heterocycles. The molecule has 106 heavy (non-hydrogen) atoms. The molecule has 0 bridgehead atoms. The second-order valence-corrected chi connectivity index (χ2v) is 26.9. The zero-order valence-corrected chi connectivity index (χ0v) is 57.5. The minimum atomic E-state index is 0.586. The van der Waals surface area contributed by atoms with Gasteiger partial charge >= 0.3 is 0 Å². The van der Waals surface area contributed by atoms with Gasteiger partial charge in [-0.3, -0.25) is 9.13 Å². The second kappa shape index (κ2) is 25.9. The Kier molecular flexibility index (Phi) is 15.0. The van der Waals surface area contributed by atoms with Crippen LogP contribution in [0.25, 0.3) is 189 Å². The van der Waals surface area contributed by atoms with Crippen molar-refractivity contribution in [2.75, 3.05) is 0 Å². The molecule has 8 nitrogen and oxygen atoms in total. The summed E-state index contributed by atoms with van der Waals surface area (Å²) in [5.74, 6) is 2.75. The van der Waals surface area contributed by atoms with Crippen LogP contribution < -0.4 is 0 Å². The zero-order chi connectivity index (χ0) is 70.0. The highest BCUT2D eigenvalue weighted by molar-refractivity contribution is 6.15. The van der Waals surface area contributed by atoms with Gasteiger partial charge in [-0.05, 0) is 142 Å². The van der Waals surface area contributed by atoms with Crippen LogP contribution in [-0.2, 0) is 0 Å². The Morgan fingerprint density at radius 2 is 0.481 bits per heavy atom. The molecule has 0 saturated heterocycles. The van der Waals surface area contributed by atoms with Gasteiger partial charge in [0.15, 0.2) is 11.6 Å². The van der Waals surface area contributed by atoms with E-state index in [1.54, 1.807) is 0 Å². The third kappa shape index (κ3) is 10.8. The topological polar surface area (TPSA) is 71.3 Å². The summed E-state index contributed by atoms with van der Waals surface area (Å²) >= 11 is 0. The molecule has 0 radical (unpaired) electrons. The lowest BCUT2D eigenvalue weighted by atomic mass is 10.0. The van der Waals surface area contributed by atoms with Crippen molar-refractivity contribution in [2.24, 2.45) is 0 Å². The van der Waals surface area contributed by atoms with Gasteiger partial charge in [0.1, 0.15) is 5.82 Å². The van der Waals surface area contributed by atoms with Crippen LogP contribution in [0.5, 0.6) is 0 Å². The van der Waals surface area contributed by atoms with Crippen LogP contribution in [0.4, 0.5) is 0 Å². The second-order valence-electron chi connectivity index (χ2n) is 26.9. The molecule has 6 heterocycles. The van der Waals surface area contributed by atoms with Crippen molar-refractivity contribution in [3.8, 4) is 102 Å². The summed E-state index contributed by atoms with van der Waals surface area (Å²) in [5, 5.41) is 9.63. The Morgan fingerprint density at radius 3 is 0.962 bits per heavy atom. The van der Waals surface area contributed by atoms with Crippen LogP contribution in [0.15, 0.2) is 388 Å². The summed E-state index contributed by atoms with van der Waals surface area (Å²) in [7, 11) is 0. The molecule has 0 N–H and O–H groups in total. The summed E-state index contributed by atoms with van der Waals surface area (Å²) in [6.07, 6.45) is 0. The number of rotatable bonds is 11. The Morgan fingerprint density at radius 1 is 0.160 bits per heavy atom. The highest BCUT2D eigenvalue weighted by atomic mass is 15.2. The number of para-hydroxylation sites is 5. The lowest BCUT2D eigenvalue weighted by Crippen LogP contribution is -2.06. The molecule has 0 atom stereocenters. The smallest absolute Gasteiger partial charge is 0.238 e. The predicted octanol–water partition coefficient (Wildman–Crippen LogP) is 25.0. The largest absolute Gasteiger partial charge is 0.309 e. The summed E-state index contributed by atoms with van der Waals surface area (Å²) in [6.45, 7) is 0. The van der Waals surface area contributed by atoms with Crippen molar-refractivity contribution < 1.29 is 0 Å². The van der Waals surface area contributed by atoms with Gasteiger partial charge in [-0.2, -0.15) is 9.97 Å². The first kappa shape index (κ1) is 61.5. The maximum absolute atomic E-state index is 5.36. The molecule has 0 amide bonds. The molecule has 8 heteroatoms. The zero-order valence-electron chi connectivity index (χ0n) is 57.5. The molecule has 0 fully saturated rings. The summed E-state index contributed by atoms with van der Waals surface area (Å²) in [6, 6.07) is 138. The molecular weight excluding hydrogens is 1290 g/mol. The lowest BCUT2D eigenvalue weighted by molar-refractivity contribution is 0.953. The van der Waals surface area contributed by atoms with Crippen LogP contribution in [-0.4, -0.2) is 38.2 Å². The SMILES string of the molecule is c1ccc(-c2ccc(-n3c4ccccc4c4cc(-c5ccc6c7ccccc7n(-c7cc(-c8ccccc8)cc(-c8ccccc8)n7)c6c5)ccc43)cc2)cc1.c1ccc(-c2nc(-c3ccccc3)nc(-n3c4ccccc4c4ccc(-c5ccc6c(c5)c5ccccc5n6-c5ccccc5)cc43)n2)cc1. The van der Waals surface area contributed by atoms with Crippen molar-refractivity contribution >= 4 is 87.2 Å². The van der Waals surface area contributed by atoms with Crippen molar-refractivity contribution in [3.63, 3.8) is 0 Å². The Labute approximate surface area is 611 Å². The molecule has 15 aromatic carbocycles. The molecule has 21 aromatic rings. The van der Waals surface area contributed by atoms with Gasteiger partial charge in [0.2, 0.25) is 5.95 Å². The van der Waals surface area contributed by atoms with Crippen LogP contribution in [0.2, 0.25) is 0 Å². The number of nitrogens with zero attached hydrogens (tertiary/aromatic N) is 8. The molecule has 6 aromatic heterocycles. The summed E-state index contributed by atoms with van der Waals surface area (Å²) in [5.41, 5.74) is 24.7. The molecule has 0 saturated carbocycles. The van der Waals surface area contributed by atoms with Gasteiger partial charge in [-0.1, -0.05) is 291 Å². The van der Waals surface area contributed by atoms with E-state index >= 15 is 0 Å². The van der Waals surface area contributed by atoms with Gasteiger partial charge in [0, 0.05) is 71.2 Å². The molecule has 0 aliphatic rings. The van der Waals surface area contributed by atoms with E-state index in [0.29, 0.717) is 17.6 Å². The fourth-order valence-corrected chi connectivity index (χ4v) is 15.7. The maximum atomic E-state index is 5.36. The van der Waals surface area contributed by atoms with Crippen LogP contribution >= 0.6 is 0 Å². The first-order valence-corrected chi connectivity index (χ1v) is 35.9. The fourth-order valence-electron chi connectivity index (χ4n) is 15.7. The number of benzene rings is 15. The number of aromatic nitrogens is 8. The van der Waals surface area contributed by atoms with Crippen molar-refractivity contribution in [3.05, 3.63) is 388 Å². The minimum Gasteiger partial charge on any atom is -0.309 e. The van der Waals surface area contributed by atoms with E-state index in [0.717, 1.165) is 100 Å². The highest BCUT2D eigenvalue weighted by Crippen LogP contribution is 2.42. The van der Waals surface area contributed by atoms with Crippen LogP contribution in [0.3, 0.4) is 0 Å². The van der Waals surface area contributed by atoms with Gasteiger partial charge in [0.05, 0.1) is 49.8 Å². The first-order chi connectivity index (χ1) is 52.6. The fraction of sp³-hybridized carbons (Fsp3) is 0. The molecular formula is C98H64N8. The van der Waals surface area contributed by atoms with E-state index in [9.17, 15) is 0 Å². The van der Waals surface area contributed by atoms with Crippen LogP contribution in [0, 0.1) is 0 Å². The lowest BCUT2D eigenvalue weighted by Gasteiger charge is -2.13. The molecule has 0 unspecified atom stereocenters. The van der Waals surface area contributed by atoms with Crippen molar-refractivity contribution in [1.82, 2.24) is 38.2 Å². The Bertz CT molecular complexity index is 6790. The minimum absolute atomic E-state index is 0.586. The van der Waals surface area contributed by atoms with Crippen molar-refractivity contribution in [1.29, 1.82) is 0 Å². The number of pyridine rings is 1. The van der Waals surface area contributed by atoms with Gasteiger partial charge in [0.25, 0.3) is 0 Å². The summed E-state index contributed by atoms with van der Waals surface area (Å²) < 4.78 is 9.27. The molecule has 496 valence electrons. The van der Waals surface area contributed by atoms with E-state index in [1.165, 1.54) is 71.1 Å². The third-order valence-corrected chi connectivity index (χ3v) is 20.7. The van der Waals surface area contributed by atoms with Crippen LogP contribution in [0.1, 0.15) is 0 Å². The average Bonchev–Trinajstić information content (AvgIpc) is 1.59. The quantitative estimate of drug-likeness (QED) is 0.129. The number of hydrogen-bond donors (Lipinski definition) is 0. The standard InChI is InChI=1S/C53H35N3.C45H29N5/c1-4-14-36(15-5-1)38-24-28-43(29-25-38)55-49-22-12-11-21-45(49)47-32-40(27-31-51(47)55)41-26-30-46-44-20-10-13-23-50(44)56(52(46)34-41)53-35-42(37-16-6-2-7-17-37)33-48(54-53)39-18-8-3-9-19-39;1-4-14-30(15-5-1)43-46-44(31-16-6-2-7-17-31)48-45(47-43)50-40-23-13-10-20-35(40)37-26-24-33(29-42(37)50)32-25-27-41-38(28-32)36-21-11-12-22-39(36)49(41)34-18-8-3-9-19-34/h1-35H;1-29H. The number of fused-ring (bicyclic) bond motifs is 12. The Hall–Kier alpha value is -14.3. The first-order valence-electron chi connectivity index (χ1n) is 35.9. The van der Waals surface area contributed by atoms with E-state index < -0.39 is 0 Å². The molecule has 0 aliphatic carbocycles. The van der Waals surface area contributed by atoms with Gasteiger partial charge in [-0.15, -0.1) is 0 Å². The third-order valence-electron chi connectivity index (χ3n) is 20.7.